The second-order valence-electron chi connectivity index (χ2n) is 6.25. The number of hydrogen-bond acceptors (Lipinski definition) is 5. The molecule has 1 aromatic rings. The molecule has 124 valence electrons. The van der Waals surface area contributed by atoms with E-state index in [0.717, 1.165) is 31.7 Å². The number of nitro benzene ring substituents is 1. The third kappa shape index (κ3) is 2.55. The zero-order chi connectivity index (χ0) is 16.6. The highest BCUT2D eigenvalue weighted by Crippen LogP contribution is 2.57. The molecule has 23 heavy (non-hydrogen) atoms. The van der Waals surface area contributed by atoms with Crippen molar-refractivity contribution in [3.05, 3.63) is 33.9 Å². The number of nitrogens with one attached hydrogen (secondary N) is 1. The van der Waals surface area contributed by atoms with Crippen LogP contribution in [0.5, 0.6) is 5.75 Å². The molecule has 3 rings (SSSR count). The molecule has 2 atom stereocenters. The second-order valence-corrected chi connectivity index (χ2v) is 6.25. The fourth-order valence-corrected chi connectivity index (χ4v) is 3.69. The highest BCUT2D eigenvalue weighted by molar-refractivity contribution is 5.95. The van der Waals surface area contributed by atoms with Crippen LogP contribution in [-0.2, 0) is 4.74 Å². The number of amides is 1. The van der Waals surface area contributed by atoms with Crippen LogP contribution in [0, 0.1) is 15.5 Å². The van der Waals surface area contributed by atoms with Gasteiger partial charge in [0, 0.05) is 29.7 Å². The number of carbonyl (C=O) groups is 1. The molecule has 0 saturated heterocycles. The molecular weight excluding hydrogens is 300 g/mol. The Balaban J connectivity index is 1.71. The molecule has 7 heteroatoms. The van der Waals surface area contributed by atoms with Gasteiger partial charge in [-0.05, 0) is 38.3 Å². The number of rotatable bonds is 5. The van der Waals surface area contributed by atoms with E-state index in [-0.39, 0.29) is 29.0 Å². The molecule has 0 unspecified atom stereocenters. The van der Waals surface area contributed by atoms with Gasteiger partial charge in [0.25, 0.3) is 5.91 Å². The van der Waals surface area contributed by atoms with Crippen molar-refractivity contribution in [2.24, 2.45) is 5.41 Å². The summed E-state index contributed by atoms with van der Waals surface area (Å²) in [6, 6.07) is 3.73. The van der Waals surface area contributed by atoms with Crippen molar-refractivity contribution in [2.75, 3.05) is 6.61 Å². The Kier molecular flexibility index (Phi) is 3.97. The molecule has 0 radical (unpaired) electrons. The first kappa shape index (κ1) is 15.7. The maximum atomic E-state index is 12.4. The molecular formula is C16H20N2O5. The minimum Gasteiger partial charge on any atom is -0.502 e. The summed E-state index contributed by atoms with van der Waals surface area (Å²) in [6.45, 7) is 2.63. The summed E-state index contributed by atoms with van der Waals surface area (Å²) in [6.07, 6.45) is 4.19. The average Bonchev–Trinajstić information content (AvgIpc) is 2.44. The summed E-state index contributed by atoms with van der Waals surface area (Å²) in [7, 11) is 0. The largest absolute Gasteiger partial charge is 0.502 e. The lowest BCUT2D eigenvalue weighted by molar-refractivity contribution is -0.385. The Morgan fingerprint density at radius 1 is 1.52 bits per heavy atom. The van der Waals surface area contributed by atoms with Crippen LogP contribution in [0.4, 0.5) is 5.69 Å². The molecule has 2 N–H and O–H groups in total. The molecule has 1 amide bonds. The molecule has 1 aromatic carbocycles. The van der Waals surface area contributed by atoms with Gasteiger partial charge < -0.3 is 15.2 Å². The number of phenols is 1. The summed E-state index contributed by atoms with van der Waals surface area (Å²) in [5, 5.41) is 23.3. The SMILES string of the molecule is CCO[C@@H]1C[C@@H](NC(=O)c2ccc(O)c([N+](=O)[O-])c2)C12CCC2. The van der Waals surface area contributed by atoms with Crippen LogP contribution in [-0.4, -0.2) is 34.7 Å². The number of carbonyl (C=O) groups excluding carboxylic acids is 1. The first-order valence-corrected chi connectivity index (χ1v) is 7.88. The predicted octanol–water partition coefficient (Wildman–Crippen LogP) is 2.38. The van der Waals surface area contributed by atoms with Crippen LogP contribution in [0.15, 0.2) is 18.2 Å². The second kappa shape index (κ2) is 5.81. The van der Waals surface area contributed by atoms with E-state index in [1.807, 2.05) is 6.92 Å². The van der Waals surface area contributed by atoms with Gasteiger partial charge in [0.1, 0.15) is 0 Å². The van der Waals surface area contributed by atoms with Gasteiger partial charge >= 0.3 is 5.69 Å². The Bertz CT molecular complexity index is 641. The zero-order valence-electron chi connectivity index (χ0n) is 12.9. The normalized spacial score (nSPS) is 24.6. The monoisotopic (exact) mass is 320 g/mol. The lowest BCUT2D eigenvalue weighted by atomic mass is 9.51. The van der Waals surface area contributed by atoms with Crippen molar-refractivity contribution in [3.8, 4) is 5.75 Å². The fourth-order valence-electron chi connectivity index (χ4n) is 3.69. The first-order valence-electron chi connectivity index (χ1n) is 7.88. The number of nitrogens with zero attached hydrogens (tertiary/aromatic N) is 1. The number of benzene rings is 1. The number of nitro groups is 1. The van der Waals surface area contributed by atoms with E-state index < -0.39 is 16.4 Å². The third-order valence-corrected chi connectivity index (χ3v) is 5.18. The first-order chi connectivity index (χ1) is 11.0. The Morgan fingerprint density at radius 2 is 2.26 bits per heavy atom. The van der Waals surface area contributed by atoms with Crippen LogP contribution < -0.4 is 5.32 Å². The van der Waals surface area contributed by atoms with Gasteiger partial charge in [0.2, 0.25) is 0 Å². The van der Waals surface area contributed by atoms with E-state index >= 15 is 0 Å². The minimum atomic E-state index is -0.700. The summed E-state index contributed by atoms with van der Waals surface area (Å²) in [5.41, 5.74) is -0.241. The van der Waals surface area contributed by atoms with Gasteiger partial charge in [-0.3, -0.25) is 14.9 Å². The third-order valence-electron chi connectivity index (χ3n) is 5.18. The van der Waals surface area contributed by atoms with Crippen LogP contribution >= 0.6 is 0 Å². The van der Waals surface area contributed by atoms with Crippen LogP contribution in [0.25, 0.3) is 0 Å². The van der Waals surface area contributed by atoms with Gasteiger partial charge in [0.05, 0.1) is 11.0 Å². The molecule has 2 saturated carbocycles. The molecule has 2 fully saturated rings. The lowest BCUT2D eigenvalue weighted by Crippen LogP contribution is -2.67. The fraction of sp³-hybridized carbons (Fsp3) is 0.562. The van der Waals surface area contributed by atoms with Gasteiger partial charge in [0.15, 0.2) is 5.75 Å². The van der Waals surface area contributed by atoms with Gasteiger partial charge in [-0.25, -0.2) is 0 Å². The molecule has 2 aliphatic rings. The van der Waals surface area contributed by atoms with Crippen LogP contribution in [0.3, 0.4) is 0 Å². The highest BCUT2D eigenvalue weighted by Gasteiger charge is 2.59. The Labute approximate surface area is 133 Å². The summed E-state index contributed by atoms with van der Waals surface area (Å²) in [5.74, 6) is -0.790. The zero-order valence-corrected chi connectivity index (χ0v) is 12.9. The van der Waals surface area contributed by atoms with E-state index in [9.17, 15) is 20.0 Å². The Morgan fingerprint density at radius 3 is 2.83 bits per heavy atom. The highest BCUT2D eigenvalue weighted by atomic mass is 16.6. The van der Waals surface area contributed by atoms with E-state index in [1.54, 1.807) is 0 Å². The molecule has 0 aliphatic heterocycles. The van der Waals surface area contributed by atoms with Gasteiger partial charge in [-0.1, -0.05) is 6.42 Å². The molecule has 1 spiro atoms. The van der Waals surface area contributed by atoms with Crippen molar-refractivity contribution in [1.29, 1.82) is 0 Å². The van der Waals surface area contributed by atoms with E-state index in [0.29, 0.717) is 6.61 Å². The summed E-state index contributed by atoms with van der Waals surface area (Å²) in [4.78, 5) is 22.5. The summed E-state index contributed by atoms with van der Waals surface area (Å²) >= 11 is 0. The number of aromatic hydroxyl groups is 1. The quantitative estimate of drug-likeness (QED) is 0.640. The van der Waals surface area contributed by atoms with Crippen molar-refractivity contribution in [2.45, 2.75) is 44.8 Å². The molecule has 0 aromatic heterocycles. The van der Waals surface area contributed by atoms with Crippen molar-refractivity contribution in [1.82, 2.24) is 5.32 Å². The molecule has 0 heterocycles. The van der Waals surface area contributed by atoms with Crippen molar-refractivity contribution < 1.29 is 19.6 Å². The minimum absolute atomic E-state index is 0.0362. The lowest BCUT2D eigenvalue weighted by Gasteiger charge is -2.61. The van der Waals surface area contributed by atoms with E-state index in [1.165, 1.54) is 12.1 Å². The number of hydrogen-bond donors (Lipinski definition) is 2. The molecule has 0 bridgehead atoms. The van der Waals surface area contributed by atoms with E-state index in [4.69, 9.17) is 4.74 Å². The molecule has 7 nitrogen and oxygen atoms in total. The van der Waals surface area contributed by atoms with E-state index in [2.05, 4.69) is 5.32 Å². The summed E-state index contributed by atoms with van der Waals surface area (Å²) < 4.78 is 5.75. The topological polar surface area (TPSA) is 102 Å². The van der Waals surface area contributed by atoms with Crippen LogP contribution in [0.1, 0.15) is 43.0 Å². The Hall–Kier alpha value is -2.15. The predicted molar refractivity (Wildman–Crippen MR) is 82.3 cm³/mol. The smallest absolute Gasteiger partial charge is 0.311 e. The van der Waals surface area contributed by atoms with Crippen LogP contribution in [0.2, 0.25) is 0 Å². The van der Waals surface area contributed by atoms with Crippen molar-refractivity contribution in [3.63, 3.8) is 0 Å². The van der Waals surface area contributed by atoms with Crippen molar-refractivity contribution >= 4 is 11.6 Å². The average molecular weight is 320 g/mol. The maximum absolute atomic E-state index is 12.4. The number of phenolic OH excluding ortho intramolecular Hbond substituents is 1. The van der Waals surface area contributed by atoms with Gasteiger partial charge in [-0.15, -0.1) is 0 Å². The standard InChI is InChI=1S/C16H20N2O5/c1-2-23-14-9-13(16(14)6-3-7-16)17-15(20)10-4-5-12(19)11(8-10)18(21)22/h4-5,8,13-14,19H,2-3,6-7,9H2,1H3,(H,17,20)/t13-,14-/m1/s1. The molecule has 2 aliphatic carbocycles. The maximum Gasteiger partial charge on any atom is 0.311 e. The number of ether oxygens (including phenoxy) is 1. The van der Waals surface area contributed by atoms with Gasteiger partial charge in [-0.2, -0.15) is 0 Å².